The SMILES string of the molecule is COCCN(C)CC(=O)OCC(=O)Oc1c(C(C)C)cccc1C(C)C.Cl. The van der Waals surface area contributed by atoms with E-state index in [-0.39, 0.29) is 30.8 Å². The van der Waals surface area contributed by atoms with Gasteiger partial charge in [0.2, 0.25) is 0 Å². The second kappa shape index (κ2) is 12.7. The monoisotopic (exact) mass is 401 g/mol. The molecule has 0 saturated carbocycles. The Hall–Kier alpha value is -1.63. The number of benzene rings is 1. The molecule has 0 aliphatic heterocycles. The summed E-state index contributed by atoms with van der Waals surface area (Å²) in [6, 6.07) is 5.88. The average molecular weight is 402 g/mol. The number of carbonyl (C=O) groups is 2. The molecule has 0 spiro atoms. The minimum atomic E-state index is -0.576. The Labute approximate surface area is 168 Å². The van der Waals surface area contributed by atoms with Gasteiger partial charge in [-0.15, -0.1) is 12.4 Å². The first kappa shape index (κ1) is 25.4. The van der Waals surface area contributed by atoms with Crippen molar-refractivity contribution in [2.75, 3.05) is 40.5 Å². The Morgan fingerprint density at radius 2 is 1.59 bits per heavy atom. The average Bonchev–Trinajstić information content (AvgIpc) is 2.57. The molecule has 7 heteroatoms. The lowest BCUT2D eigenvalue weighted by Gasteiger charge is -2.19. The molecule has 1 aromatic rings. The van der Waals surface area contributed by atoms with Gasteiger partial charge in [-0.05, 0) is 30.0 Å². The third-order valence-electron chi connectivity index (χ3n) is 3.96. The highest BCUT2D eigenvalue weighted by Crippen LogP contribution is 2.34. The number of hydrogen-bond donors (Lipinski definition) is 0. The van der Waals surface area contributed by atoms with E-state index in [0.717, 1.165) is 11.1 Å². The summed E-state index contributed by atoms with van der Waals surface area (Å²) in [4.78, 5) is 25.8. The summed E-state index contributed by atoms with van der Waals surface area (Å²) in [6.45, 7) is 9.02. The highest BCUT2D eigenvalue weighted by molar-refractivity contribution is 5.85. The number of likely N-dealkylation sites (N-methyl/N-ethyl adjacent to an activating group) is 1. The number of carbonyl (C=O) groups excluding carboxylic acids is 2. The van der Waals surface area contributed by atoms with Crippen molar-refractivity contribution in [3.63, 3.8) is 0 Å². The number of nitrogens with zero attached hydrogens (tertiary/aromatic N) is 1. The summed E-state index contributed by atoms with van der Waals surface area (Å²) < 4.78 is 15.6. The first-order chi connectivity index (χ1) is 12.3. The van der Waals surface area contributed by atoms with E-state index in [4.69, 9.17) is 14.2 Å². The summed E-state index contributed by atoms with van der Waals surface area (Å²) in [6.07, 6.45) is 0. The van der Waals surface area contributed by atoms with Gasteiger partial charge in [0.1, 0.15) is 5.75 Å². The summed E-state index contributed by atoms with van der Waals surface area (Å²) in [5.41, 5.74) is 1.94. The topological polar surface area (TPSA) is 65.1 Å². The fourth-order valence-electron chi connectivity index (χ4n) is 2.48. The molecule has 0 unspecified atom stereocenters. The first-order valence-electron chi connectivity index (χ1n) is 8.92. The lowest BCUT2D eigenvalue weighted by molar-refractivity contribution is -0.154. The van der Waals surface area contributed by atoms with E-state index in [1.807, 2.05) is 45.9 Å². The molecule has 1 aromatic carbocycles. The van der Waals surface area contributed by atoms with Crippen LogP contribution in [0.3, 0.4) is 0 Å². The molecule has 0 atom stereocenters. The largest absolute Gasteiger partial charge is 0.453 e. The summed E-state index contributed by atoms with van der Waals surface area (Å²) in [5, 5.41) is 0. The van der Waals surface area contributed by atoms with E-state index >= 15 is 0 Å². The molecule has 0 aliphatic rings. The third-order valence-corrected chi connectivity index (χ3v) is 3.96. The normalized spacial score (nSPS) is 10.9. The Morgan fingerprint density at radius 3 is 2.07 bits per heavy atom. The van der Waals surface area contributed by atoms with Crippen LogP contribution in [0.2, 0.25) is 0 Å². The molecule has 6 nitrogen and oxygen atoms in total. The van der Waals surface area contributed by atoms with Crippen molar-refractivity contribution >= 4 is 24.3 Å². The van der Waals surface area contributed by atoms with Crippen molar-refractivity contribution in [1.82, 2.24) is 4.90 Å². The van der Waals surface area contributed by atoms with Crippen LogP contribution in [0.1, 0.15) is 50.7 Å². The molecular weight excluding hydrogens is 370 g/mol. The minimum Gasteiger partial charge on any atom is -0.453 e. The van der Waals surface area contributed by atoms with Crippen molar-refractivity contribution in [3.8, 4) is 5.75 Å². The number of rotatable bonds is 10. The van der Waals surface area contributed by atoms with Crippen molar-refractivity contribution in [1.29, 1.82) is 0 Å². The number of hydrogen-bond acceptors (Lipinski definition) is 6. The highest BCUT2D eigenvalue weighted by Gasteiger charge is 2.19. The molecule has 0 aromatic heterocycles. The zero-order valence-electron chi connectivity index (χ0n) is 17.1. The molecule has 1 rings (SSSR count). The Bertz CT molecular complexity index is 578. The quantitative estimate of drug-likeness (QED) is 0.442. The molecule has 0 radical (unpaired) electrons. The maximum absolute atomic E-state index is 12.2. The van der Waals surface area contributed by atoms with E-state index in [2.05, 4.69) is 0 Å². The van der Waals surface area contributed by atoms with Crippen LogP contribution in [0.4, 0.5) is 0 Å². The van der Waals surface area contributed by atoms with Gasteiger partial charge in [0.15, 0.2) is 6.61 Å². The van der Waals surface area contributed by atoms with E-state index in [1.165, 1.54) is 0 Å². The molecule has 0 amide bonds. The zero-order chi connectivity index (χ0) is 19.7. The summed E-state index contributed by atoms with van der Waals surface area (Å²) in [5.74, 6) is -0.0348. The van der Waals surface area contributed by atoms with Crippen molar-refractivity contribution < 1.29 is 23.8 Å². The Morgan fingerprint density at radius 1 is 1.04 bits per heavy atom. The molecule has 0 bridgehead atoms. The van der Waals surface area contributed by atoms with E-state index in [9.17, 15) is 9.59 Å². The van der Waals surface area contributed by atoms with Crippen LogP contribution in [-0.4, -0.2) is 57.3 Å². The number of halogens is 1. The van der Waals surface area contributed by atoms with Crippen LogP contribution in [0.5, 0.6) is 5.75 Å². The zero-order valence-corrected chi connectivity index (χ0v) is 17.9. The van der Waals surface area contributed by atoms with Crippen LogP contribution in [0.15, 0.2) is 18.2 Å². The Kier molecular flexibility index (Phi) is 11.9. The smallest absolute Gasteiger partial charge is 0.349 e. The predicted molar refractivity (Wildman–Crippen MR) is 108 cm³/mol. The van der Waals surface area contributed by atoms with Gasteiger partial charge in [0.05, 0.1) is 13.2 Å². The van der Waals surface area contributed by atoms with Gasteiger partial charge in [-0.2, -0.15) is 0 Å². The van der Waals surface area contributed by atoms with Gasteiger partial charge >= 0.3 is 11.9 Å². The van der Waals surface area contributed by atoms with Gasteiger partial charge in [0.25, 0.3) is 0 Å². The second-order valence-corrected chi connectivity index (χ2v) is 6.94. The van der Waals surface area contributed by atoms with Gasteiger partial charge in [-0.3, -0.25) is 9.69 Å². The van der Waals surface area contributed by atoms with Crippen molar-refractivity contribution in [2.24, 2.45) is 0 Å². The minimum absolute atomic E-state index is 0. The van der Waals surface area contributed by atoms with E-state index < -0.39 is 18.5 Å². The maximum atomic E-state index is 12.2. The van der Waals surface area contributed by atoms with Crippen LogP contribution < -0.4 is 4.74 Å². The molecule has 27 heavy (non-hydrogen) atoms. The number of ether oxygens (including phenoxy) is 3. The number of para-hydroxylation sites is 1. The van der Waals surface area contributed by atoms with Gasteiger partial charge in [-0.1, -0.05) is 45.9 Å². The first-order valence-corrected chi connectivity index (χ1v) is 8.92. The van der Waals surface area contributed by atoms with Gasteiger partial charge in [0, 0.05) is 13.7 Å². The summed E-state index contributed by atoms with van der Waals surface area (Å²) in [7, 11) is 3.38. The molecule has 0 N–H and O–H groups in total. The fourth-order valence-corrected chi connectivity index (χ4v) is 2.48. The van der Waals surface area contributed by atoms with Crippen LogP contribution in [0, 0.1) is 0 Å². The van der Waals surface area contributed by atoms with Crippen molar-refractivity contribution in [3.05, 3.63) is 29.3 Å². The number of methoxy groups -OCH3 is 1. The number of esters is 2. The second-order valence-electron chi connectivity index (χ2n) is 6.94. The predicted octanol–water partition coefficient (Wildman–Crippen LogP) is 3.38. The lowest BCUT2D eigenvalue weighted by Crippen LogP contribution is -2.31. The molecule has 0 heterocycles. The molecule has 0 fully saturated rings. The third kappa shape index (κ3) is 8.73. The van der Waals surface area contributed by atoms with Crippen LogP contribution in [0.25, 0.3) is 0 Å². The molecule has 0 saturated heterocycles. The summed E-state index contributed by atoms with van der Waals surface area (Å²) >= 11 is 0. The van der Waals surface area contributed by atoms with Crippen molar-refractivity contribution in [2.45, 2.75) is 39.5 Å². The maximum Gasteiger partial charge on any atom is 0.349 e. The lowest BCUT2D eigenvalue weighted by atomic mass is 9.94. The van der Waals surface area contributed by atoms with Crippen LogP contribution >= 0.6 is 12.4 Å². The molecular formula is C20H32ClNO5. The van der Waals surface area contributed by atoms with Gasteiger partial charge in [-0.25, -0.2) is 4.79 Å². The van der Waals surface area contributed by atoms with E-state index in [1.54, 1.807) is 19.1 Å². The molecule has 154 valence electrons. The van der Waals surface area contributed by atoms with E-state index in [0.29, 0.717) is 18.9 Å². The highest BCUT2D eigenvalue weighted by atomic mass is 35.5. The fraction of sp³-hybridized carbons (Fsp3) is 0.600. The standard InChI is InChI=1S/C20H31NO5.ClH/c1-14(2)16-8-7-9-17(15(3)4)20(16)26-19(23)13-25-18(22)12-21(5)10-11-24-6;/h7-9,14-15H,10-13H2,1-6H3;1H. The van der Waals surface area contributed by atoms with Crippen LogP contribution in [-0.2, 0) is 19.1 Å². The molecule has 0 aliphatic carbocycles. The van der Waals surface area contributed by atoms with Gasteiger partial charge < -0.3 is 14.2 Å². The Balaban J connectivity index is 0.00000676.